The van der Waals surface area contributed by atoms with E-state index < -0.39 is 0 Å². The number of hydrogen-bond donors (Lipinski definition) is 1. The minimum atomic E-state index is -0.211. The number of amides is 1. The van der Waals surface area contributed by atoms with E-state index in [1.165, 1.54) is 23.1 Å². The number of aryl methyl sites for hydroxylation is 1. The molecule has 1 unspecified atom stereocenters. The normalized spacial score (nSPS) is 15.6. The van der Waals surface area contributed by atoms with E-state index in [2.05, 4.69) is 5.32 Å². The molecule has 1 amide bonds. The average Bonchev–Trinajstić information content (AvgIpc) is 3.34. The zero-order chi connectivity index (χ0) is 23.1. The Balaban J connectivity index is 1.71. The molecule has 4 aromatic rings. The van der Waals surface area contributed by atoms with Gasteiger partial charge >= 0.3 is 0 Å². The van der Waals surface area contributed by atoms with E-state index in [1.54, 1.807) is 26.0 Å². The van der Waals surface area contributed by atoms with Gasteiger partial charge in [0.05, 0.1) is 48.2 Å². The van der Waals surface area contributed by atoms with E-state index >= 15 is 0 Å². The third kappa shape index (κ3) is 3.59. The van der Waals surface area contributed by atoms with Crippen molar-refractivity contribution in [2.24, 2.45) is 0 Å². The van der Waals surface area contributed by atoms with Crippen LogP contribution in [0.2, 0.25) is 0 Å². The summed E-state index contributed by atoms with van der Waals surface area (Å²) in [5, 5.41) is 8.32. The summed E-state index contributed by atoms with van der Waals surface area (Å²) in [6.45, 7) is 1.95. The highest BCUT2D eigenvalue weighted by Crippen LogP contribution is 2.51. The van der Waals surface area contributed by atoms with Crippen LogP contribution in [0.3, 0.4) is 0 Å². The number of benzene rings is 2. The molecule has 5 rings (SSSR count). The Morgan fingerprint density at radius 1 is 1.06 bits per heavy atom. The van der Waals surface area contributed by atoms with Crippen molar-refractivity contribution >= 4 is 45.0 Å². The minimum absolute atomic E-state index is 0.0922. The van der Waals surface area contributed by atoms with Crippen molar-refractivity contribution in [3.8, 4) is 22.4 Å². The lowest BCUT2D eigenvalue weighted by molar-refractivity contribution is -0.113. The lowest BCUT2D eigenvalue weighted by Gasteiger charge is -2.21. The van der Waals surface area contributed by atoms with E-state index in [9.17, 15) is 4.79 Å². The maximum atomic E-state index is 12.7. The van der Waals surface area contributed by atoms with Gasteiger partial charge in [-0.2, -0.15) is 9.78 Å². The molecule has 0 fully saturated rings. The molecule has 170 valence electrons. The van der Waals surface area contributed by atoms with Crippen molar-refractivity contribution in [3.05, 3.63) is 53.2 Å². The molecule has 0 spiro atoms. The molecule has 0 saturated heterocycles. The predicted octanol–water partition coefficient (Wildman–Crippen LogP) is 4.59. The van der Waals surface area contributed by atoms with Gasteiger partial charge in [0.1, 0.15) is 5.82 Å². The second-order valence-electron chi connectivity index (χ2n) is 7.39. The predicted molar refractivity (Wildman–Crippen MR) is 131 cm³/mol. The Morgan fingerprint density at radius 2 is 1.85 bits per heavy atom. The smallest absolute Gasteiger partial charge is 0.235 e. The SMILES string of the molecule is COc1ccc(C2SCC(=O)Nc3c2c(C)nn3-c2nc3ccccc3s2)c(OC)c1OC. The topological polar surface area (TPSA) is 87.5 Å². The van der Waals surface area contributed by atoms with E-state index in [0.717, 1.165) is 27.0 Å². The van der Waals surface area contributed by atoms with Crippen LogP contribution in [0.15, 0.2) is 36.4 Å². The van der Waals surface area contributed by atoms with Crippen LogP contribution in [0.5, 0.6) is 17.2 Å². The highest BCUT2D eigenvalue weighted by Gasteiger charge is 2.34. The first-order valence-electron chi connectivity index (χ1n) is 10.2. The number of nitrogens with one attached hydrogen (secondary N) is 1. The highest BCUT2D eigenvalue weighted by molar-refractivity contribution is 8.00. The first kappa shape index (κ1) is 21.6. The second kappa shape index (κ2) is 8.60. The summed E-state index contributed by atoms with van der Waals surface area (Å²) in [7, 11) is 4.77. The summed E-state index contributed by atoms with van der Waals surface area (Å²) in [5.41, 5.74) is 3.49. The molecule has 1 aliphatic rings. The fraction of sp³-hybridized carbons (Fsp3) is 0.261. The van der Waals surface area contributed by atoms with Gasteiger partial charge in [0.15, 0.2) is 11.5 Å². The van der Waals surface area contributed by atoms with Crippen molar-refractivity contribution in [1.82, 2.24) is 14.8 Å². The molecule has 3 heterocycles. The molecule has 2 aromatic heterocycles. The number of fused-ring (bicyclic) bond motifs is 2. The van der Waals surface area contributed by atoms with Crippen molar-refractivity contribution in [2.75, 3.05) is 32.4 Å². The molecule has 10 heteroatoms. The van der Waals surface area contributed by atoms with E-state index in [4.69, 9.17) is 24.3 Å². The van der Waals surface area contributed by atoms with Gasteiger partial charge in [-0.1, -0.05) is 23.5 Å². The highest BCUT2D eigenvalue weighted by atomic mass is 32.2. The van der Waals surface area contributed by atoms with Crippen molar-refractivity contribution in [3.63, 3.8) is 0 Å². The van der Waals surface area contributed by atoms with Crippen molar-refractivity contribution < 1.29 is 19.0 Å². The summed E-state index contributed by atoms with van der Waals surface area (Å²) >= 11 is 3.05. The number of hydrogen-bond acceptors (Lipinski definition) is 8. The Hall–Kier alpha value is -3.24. The van der Waals surface area contributed by atoms with E-state index in [1.807, 2.05) is 43.3 Å². The fourth-order valence-electron chi connectivity index (χ4n) is 4.05. The number of anilines is 1. The Kier molecular flexibility index (Phi) is 5.63. The third-order valence-corrected chi connectivity index (χ3v) is 7.75. The molecule has 0 radical (unpaired) electrons. The van der Waals surface area contributed by atoms with Crippen LogP contribution in [0.1, 0.15) is 22.1 Å². The molecule has 0 aliphatic carbocycles. The van der Waals surface area contributed by atoms with Crippen LogP contribution < -0.4 is 19.5 Å². The van der Waals surface area contributed by atoms with Gasteiger partial charge in [0, 0.05) is 11.1 Å². The van der Waals surface area contributed by atoms with E-state index in [0.29, 0.717) is 28.2 Å². The number of ether oxygens (including phenoxy) is 3. The van der Waals surface area contributed by atoms with Crippen LogP contribution >= 0.6 is 23.1 Å². The first-order chi connectivity index (χ1) is 16.0. The van der Waals surface area contributed by atoms with Crippen LogP contribution in [0.4, 0.5) is 5.82 Å². The third-order valence-electron chi connectivity index (χ3n) is 5.49. The number of aromatic nitrogens is 3. The monoisotopic (exact) mass is 482 g/mol. The number of para-hydroxylation sites is 1. The quantitative estimate of drug-likeness (QED) is 0.445. The molecule has 1 atom stereocenters. The number of thioether (sulfide) groups is 1. The lowest BCUT2D eigenvalue weighted by Crippen LogP contribution is -2.15. The van der Waals surface area contributed by atoms with Gasteiger partial charge in [-0.15, -0.1) is 11.8 Å². The number of rotatable bonds is 5. The molecule has 2 aromatic carbocycles. The number of methoxy groups -OCH3 is 3. The summed E-state index contributed by atoms with van der Waals surface area (Å²) < 4.78 is 19.6. The van der Waals surface area contributed by atoms with Gasteiger partial charge < -0.3 is 19.5 Å². The fourth-order valence-corrected chi connectivity index (χ4v) is 6.18. The minimum Gasteiger partial charge on any atom is -0.493 e. The average molecular weight is 483 g/mol. The molecule has 33 heavy (non-hydrogen) atoms. The Bertz CT molecular complexity index is 1330. The van der Waals surface area contributed by atoms with E-state index in [-0.39, 0.29) is 16.9 Å². The summed E-state index contributed by atoms with van der Waals surface area (Å²) in [5.74, 6) is 2.49. The number of nitrogens with zero attached hydrogens (tertiary/aromatic N) is 3. The zero-order valence-electron chi connectivity index (χ0n) is 18.5. The maximum Gasteiger partial charge on any atom is 0.235 e. The van der Waals surface area contributed by atoms with Crippen molar-refractivity contribution in [1.29, 1.82) is 0 Å². The maximum absolute atomic E-state index is 12.7. The van der Waals surface area contributed by atoms with Crippen LogP contribution in [0.25, 0.3) is 15.3 Å². The molecular formula is C23H22N4O4S2. The number of thiazole rings is 1. The van der Waals surface area contributed by atoms with Crippen LogP contribution in [0, 0.1) is 6.92 Å². The Morgan fingerprint density at radius 3 is 2.58 bits per heavy atom. The van der Waals surface area contributed by atoms with Gasteiger partial charge in [0.2, 0.25) is 16.8 Å². The molecule has 1 N–H and O–H groups in total. The van der Waals surface area contributed by atoms with Gasteiger partial charge in [-0.25, -0.2) is 4.98 Å². The zero-order valence-corrected chi connectivity index (χ0v) is 20.2. The molecule has 8 nitrogen and oxygen atoms in total. The molecule has 0 saturated carbocycles. The Labute approximate surface area is 198 Å². The first-order valence-corrected chi connectivity index (χ1v) is 12.1. The second-order valence-corrected chi connectivity index (χ2v) is 9.49. The summed E-state index contributed by atoms with van der Waals surface area (Å²) in [6.07, 6.45) is 0. The number of carbonyl (C=O) groups is 1. The molecule has 1 aliphatic heterocycles. The largest absolute Gasteiger partial charge is 0.493 e. The van der Waals surface area contributed by atoms with Gasteiger partial charge in [0.25, 0.3) is 0 Å². The molecule has 0 bridgehead atoms. The summed E-state index contributed by atoms with van der Waals surface area (Å²) in [6, 6.07) is 11.7. The summed E-state index contributed by atoms with van der Waals surface area (Å²) in [4.78, 5) is 17.4. The standard InChI is InChI=1S/C23H22N4O4S2/c1-12-18-21(13-9-10-15(29-2)20(31-4)19(13)30-3)32-11-17(28)25-22(18)27(26-12)23-24-14-7-5-6-8-16(14)33-23/h5-10,21H,11H2,1-4H3,(H,25,28). The van der Waals surface area contributed by atoms with Crippen LogP contribution in [-0.2, 0) is 4.79 Å². The van der Waals surface area contributed by atoms with Crippen LogP contribution in [-0.4, -0.2) is 47.8 Å². The lowest BCUT2D eigenvalue weighted by atomic mass is 10.0. The molecular weight excluding hydrogens is 460 g/mol. The van der Waals surface area contributed by atoms with Crippen molar-refractivity contribution in [2.45, 2.75) is 12.2 Å². The van der Waals surface area contributed by atoms with Gasteiger partial charge in [-0.3, -0.25) is 4.79 Å². The number of carbonyl (C=O) groups excluding carboxylic acids is 1. The van der Waals surface area contributed by atoms with Gasteiger partial charge in [-0.05, 0) is 31.2 Å².